The summed E-state index contributed by atoms with van der Waals surface area (Å²) in [7, 11) is 4.74. The average molecular weight is 473 g/mol. The van der Waals surface area contributed by atoms with E-state index in [2.05, 4.69) is 0 Å². The molecule has 0 aliphatic heterocycles. The van der Waals surface area contributed by atoms with Gasteiger partial charge in [-0.15, -0.1) is 0 Å². The summed E-state index contributed by atoms with van der Waals surface area (Å²) in [4.78, 5) is 26.7. The Hall–Kier alpha value is -4.32. The predicted molar refractivity (Wildman–Crippen MR) is 136 cm³/mol. The van der Waals surface area contributed by atoms with Crippen molar-refractivity contribution in [2.24, 2.45) is 0 Å². The van der Waals surface area contributed by atoms with Gasteiger partial charge in [0, 0.05) is 5.57 Å². The Morgan fingerprint density at radius 2 is 1.09 bits per heavy atom. The van der Waals surface area contributed by atoms with Crippen LogP contribution in [0.15, 0.2) is 78.4 Å². The molecular weight excluding hydrogens is 444 g/mol. The maximum absolute atomic E-state index is 13.9. The first-order chi connectivity index (χ1) is 17.0. The van der Waals surface area contributed by atoms with Crippen molar-refractivity contribution in [2.75, 3.05) is 27.9 Å². The Morgan fingerprint density at radius 1 is 0.657 bits per heavy atom. The highest BCUT2D eigenvalue weighted by Gasteiger charge is 2.24. The second kappa shape index (κ2) is 12.2. The van der Waals surface area contributed by atoms with Crippen molar-refractivity contribution >= 4 is 29.5 Å². The van der Waals surface area contributed by atoms with Gasteiger partial charge < -0.3 is 18.9 Å². The average Bonchev–Trinajstić information content (AvgIpc) is 2.91. The van der Waals surface area contributed by atoms with Gasteiger partial charge in [0.25, 0.3) is 0 Å². The van der Waals surface area contributed by atoms with E-state index in [1.165, 1.54) is 6.08 Å². The number of methoxy groups -OCH3 is 3. The van der Waals surface area contributed by atoms with Gasteiger partial charge in [0.2, 0.25) is 5.78 Å². The third-order valence-corrected chi connectivity index (χ3v) is 5.24. The highest BCUT2D eigenvalue weighted by atomic mass is 16.5. The summed E-state index contributed by atoms with van der Waals surface area (Å²) >= 11 is 0. The minimum absolute atomic E-state index is 0.0763. The summed E-state index contributed by atoms with van der Waals surface area (Å²) in [6, 6.07) is 21.4. The Bertz CT molecular complexity index is 1200. The minimum Gasteiger partial charge on any atom is -0.497 e. The number of hydrogen-bond acceptors (Lipinski definition) is 6. The van der Waals surface area contributed by atoms with E-state index in [9.17, 15) is 9.59 Å². The van der Waals surface area contributed by atoms with E-state index in [1.807, 2.05) is 12.1 Å². The summed E-state index contributed by atoms with van der Waals surface area (Å²) in [6.45, 7) is 1.84. The molecule has 180 valence electrons. The zero-order valence-electron chi connectivity index (χ0n) is 20.2. The van der Waals surface area contributed by atoms with E-state index in [4.69, 9.17) is 18.9 Å². The molecule has 3 rings (SSSR count). The predicted octanol–water partition coefficient (Wildman–Crippen LogP) is 5.47. The number of carbonyl (C=O) groups excluding carboxylic acids is 2. The molecule has 0 aromatic heterocycles. The molecular formula is C29H28O6. The lowest BCUT2D eigenvalue weighted by molar-refractivity contribution is -0.139. The largest absolute Gasteiger partial charge is 0.497 e. The molecule has 0 N–H and O–H groups in total. The van der Waals surface area contributed by atoms with E-state index in [1.54, 1.807) is 95.0 Å². The second-order valence-corrected chi connectivity index (χ2v) is 7.44. The van der Waals surface area contributed by atoms with E-state index >= 15 is 0 Å². The zero-order chi connectivity index (χ0) is 25.2. The van der Waals surface area contributed by atoms with Gasteiger partial charge in [-0.1, -0.05) is 36.4 Å². The molecule has 6 nitrogen and oxygen atoms in total. The lowest BCUT2D eigenvalue weighted by Crippen LogP contribution is -2.17. The molecule has 0 spiro atoms. The van der Waals surface area contributed by atoms with Crippen LogP contribution in [0, 0.1) is 0 Å². The first kappa shape index (κ1) is 25.3. The van der Waals surface area contributed by atoms with Crippen LogP contribution in [0.25, 0.3) is 17.7 Å². The lowest BCUT2D eigenvalue weighted by atomic mass is 9.93. The van der Waals surface area contributed by atoms with Crippen molar-refractivity contribution in [3.63, 3.8) is 0 Å². The second-order valence-electron chi connectivity index (χ2n) is 7.44. The fourth-order valence-electron chi connectivity index (χ4n) is 3.36. The number of hydrogen-bond donors (Lipinski definition) is 0. The highest BCUT2D eigenvalue weighted by Crippen LogP contribution is 2.27. The maximum atomic E-state index is 13.9. The number of rotatable bonds is 10. The SMILES string of the molecule is CCOC(=O)C(=Cc1ccc(OC)cc1)C(=O)C(=Cc1ccc(OC)cc1)c1ccc(OC)cc1. The van der Waals surface area contributed by atoms with Gasteiger partial charge in [0.05, 0.1) is 27.9 Å². The van der Waals surface area contributed by atoms with Gasteiger partial charge in [-0.3, -0.25) is 4.79 Å². The van der Waals surface area contributed by atoms with Gasteiger partial charge >= 0.3 is 5.97 Å². The normalized spacial score (nSPS) is 11.5. The number of ether oxygens (including phenoxy) is 4. The molecule has 3 aromatic rings. The maximum Gasteiger partial charge on any atom is 0.342 e. The molecule has 0 radical (unpaired) electrons. The monoisotopic (exact) mass is 472 g/mol. The first-order valence-corrected chi connectivity index (χ1v) is 11.1. The number of benzene rings is 3. The molecule has 0 aliphatic carbocycles. The summed E-state index contributed by atoms with van der Waals surface area (Å²) in [5, 5.41) is 0. The van der Waals surface area contributed by atoms with Gasteiger partial charge in [-0.05, 0) is 72.2 Å². The molecule has 0 saturated carbocycles. The Balaban J connectivity index is 2.12. The van der Waals surface area contributed by atoms with Crippen molar-refractivity contribution in [1.29, 1.82) is 0 Å². The van der Waals surface area contributed by atoms with Gasteiger partial charge in [-0.2, -0.15) is 0 Å². The molecule has 3 aromatic carbocycles. The molecule has 0 bridgehead atoms. The van der Waals surface area contributed by atoms with Crippen LogP contribution >= 0.6 is 0 Å². The van der Waals surface area contributed by atoms with Crippen LogP contribution in [0.1, 0.15) is 23.6 Å². The molecule has 0 fully saturated rings. The molecule has 0 atom stereocenters. The van der Waals surface area contributed by atoms with E-state index < -0.39 is 11.8 Å². The van der Waals surface area contributed by atoms with E-state index in [0.29, 0.717) is 33.9 Å². The fourth-order valence-corrected chi connectivity index (χ4v) is 3.36. The van der Waals surface area contributed by atoms with Crippen molar-refractivity contribution in [2.45, 2.75) is 6.92 Å². The van der Waals surface area contributed by atoms with Crippen LogP contribution in [0.5, 0.6) is 17.2 Å². The third-order valence-electron chi connectivity index (χ3n) is 5.24. The molecule has 0 heterocycles. The van der Waals surface area contributed by atoms with Gasteiger partial charge in [0.1, 0.15) is 22.8 Å². The Labute approximate surface area is 205 Å². The van der Waals surface area contributed by atoms with Crippen molar-refractivity contribution in [1.82, 2.24) is 0 Å². The van der Waals surface area contributed by atoms with Crippen LogP contribution in [0.4, 0.5) is 0 Å². The molecule has 0 saturated heterocycles. The van der Waals surface area contributed by atoms with Crippen LogP contribution < -0.4 is 14.2 Å². The zero-order valence-corrected chi connectivity index (χ0v) is 20.2. The first-order valence-electron chi connectivity index (χ1n) is 11.1. The number of esters is 1. The van der Waals surface area contributed by atoms with Crippen molar-refractivity contribution in [3.8, 4) is 17.2 Å². The van der Waals surface area contributed by atoms with Gasteiger partial charge in [-0.25, -0.2) is 4.79 Å². The third kappa shape index (κ3) is 6.60. The van der Waals surface area contributed by atoms with E-state index in [-0.39, 0.29) is 12.2 Å². The highest BCUT2D eigenvalue weighted by molar-refractivity contribution is 6.41. The number of Topliss-reactive ketones (excluding diaryl/α,β-unsaturated/α-hetero) is 1. The molecule has 35 heavy (non-hydrogen) atoms. The van der Waals surface area contributed by atoms with Crippen molar-refractivity contribution < 1.29 is 28.5 Å². The molecule has 0 amide bonds. The Kier molecular flexibility index (Phi) is 8.84. The summed E-state index contributed by atoms with van der Waals surface area (Å²) < 4.78 is 20.9. The number of ketones is 1. The fraction of sp³-hybridized carbons (Fsp3) is 0.172. The lowest BCUT2D eigenvalue weighted by Gasteiger charge is -2.12. The standard InChI is InChI=1S/C29H28O6/c1-5-35-29(31)27(19-21-8-14-24(33-3)15-9-21)28(30)26(22-10-16-25(34-4)17-11-22)18-20-6-12-23(32-2)13-7-20/h6-19H,5H2,1-4H3. The Morgan fingerprint density at radius 3 is 1.51 bits per heavy atom. The number of carbonyl (C=O) groups is 2. The molecule has 0 unspecified atom stereocenters. The van der Waals surface area contributed by atoms with E-state index in [0.717, 1.165) is 5.56 Å². The molecule has 0 aliphatic rings. The van der Waals surface area contributed by atoms with Crippen LogP contribution in [-0.4, -0.2) is 39.7 Å². The smallest absolute Gasteiger partial charge is 0.342 e. The van der Waals surface area contributed by atoms with Crippen LogP contribution in [-0.2, 0) is 14.3 Å². The quantitative estimate of drug-likeness (QED) is 0.128. The van der Waals surface area contributed by atoms with Crippen LogP contribution in [0.3, 0.4) is 0 Å². The van der Waals surface area contributed by atoms with Crippen LogP contribution in [0.2, 0.25) is 0 Å². The topological polar surface area (TPSA) is 71.1 Å². The molecule has 6 heteroatoms. The van der Waals surface area contributed by atoms with Gasteiger partial charge in [0.15, 0.2) is 0 Å². The van der Waals surface area contributed by atoms with Crippen molar-refractivity contribution in [3.05, 3.63) is 95.1 Å². The summed E-state index contributed by atoms with van der Waals surface area (Å²) in [6.07, 6.45) is 3.27. The minimum atomic E-state index is -0.692. The summed E-state index contributed by atoms with van der Waals surface area (Å²) in [5.74, 6) is 0.877. The summed E-state index contributed by atoms with van der Waals surface area (Å²) in [5.41, 5.74) is 2.34. The number of allylic oxidation sites excluding steroid dienone is 1.